The fraction of sp³-hybridized carbons (Fsp3) is 0.581. The summed E-state index contributed by atoms with van der Waals surface area (Å²) < 4.78 is 45.8. The molecule has 2 heterocycles. The first kappa shape index (κ1) is 33.3. The number of alkyl carbamates (subject to hydrolysis) is 1. The van der Waals surface area contributed by atoms with Crippen LogP contribution in [0.3, 0.4) is 0 Å². The molecule has 2 aliphatic heterocycles. The van der Waals surface area contributed by atoms with Gasteiger partial charge in [0.2, 0.25) is 10.0 Å². The van der Waals surface area contributed by atoms with E-state index in [-0.39, 0.29) is 49.1 Å². The van der Waals surface area contributed by atoms with E-state index in [0.29, 0.717) is 12.2 Å². The Labute approximate surface area is 253 Å². The molecule has 238 valence electrons. The first-order valence-corrected chi connectivity index (χ1v) is 16.4. The number of aliphatic hydroxyl groups excluding tert-OH is 3. The predicted octanol–water partition coefficient (Wildman–Crippen LogP) is 2.60. The third kappa shape index (κ3) is 8.53. The van der Waals surface area contributed by atoms with Gasteiger partial charge >= 0.3 is 6.09 Å². The molecular weight excluding hydrogens is 576 g/mol. The summed E-state index contributed by atoms with van der Waals surface area (Å²) in [4.78, 5) is 13.1. The molecule has 0 saturated carbocycles. The molecule has 2 aliphatic rings. The number of fused-ring (bicyclic) bond motifs is 1. The average molecular weight is 621 g/mol. The van der Waals surface area contributed by atoms with Crippen molar-refractivity contribution in [3.63, 3.8) is 0 Å². The van der Waals surface area contributed by atoms with E-state index < -0.39 is 47.1 Å². The molecule has 1 amide bonds. The average Bonchev–Trinajstić information content (AvgIpc) is 3.64. The summed E-state index contributed by atoms with van der Waals surface area (Å²) in [5.74, 6) is 0.000631. The Balaban J connectivity index is 1.54. The van der Waals surface area contributed by atoms with E-state index in [9.17, 15) is 28.5 Å². The molecule has 0 aromatic heterocycles. The largest absolute Gasteiger partial charge is 0.443 e. The fourth-order valence-corrected chi connectivity index (χ4v) is 7.11. The van der Waals surface area contributed by atoms with Crippen molar-refractivity contribution in [2.75, 3.05) is 32.9 Å². The second-order valence-corrected chi connectivity index (χ2v) is 13.2. The van der Waals surface area contributed by atoms with Crippen molar-refractivity contribution in [1.29, 1.82) is 0 Å². The number of hydrogen-bond donors (Lipinski definition) is 4. The van der Waals surface area contributed by atoms with Gasteiger partial charge in [0.1, 0.15) is 12.2 Å². The first-order chi connectivity index (χ1) is 20.7. The summed E-state index contributed by atoms with van der Waals surface area (Å²) in [5.41, 5.74) is 1.24. The number of benzene rings is 2. The van der Waals surface area contributed by atoms with Crippen LogP contribution in [0.15, 0.2) is 59.5 Å². The molecule has 12 heteroatoms. The van der Waals surface area contributed by atoms with Crippen LogP contribution in [0.25, 0.3) is 0 Å². The summed E-state index contributed by atoms with van der Waals surface area (Å²) in [5, 5.41) is 33.5. The molecule has 2 saturated heterocycles. The molecule has 2 aromatic rings. The van der Waals surface area contributed by atoms with E-state index in [1.807, 2.05) is 44.2 Å². The van der Waals surface area contributed by atoms with Crippen LogP contribution < -0.4 is 5.32 Å². The highest BCUT2D eigenvalue weighted by Gasteiger charge is 2.44. The predicted molar refractivity (Wildman–Crippen MR) is 158 cm³/mol. The van der Waals surface area contributed by atoms with Crippen molar-refractivity contribution in [1.82, 2.24) is 9.62 Å². The van der Waals surface area contributed by atoms with Gasteiger partial charge in [-0.25, -0.2) is 13.2 Å². The maximum atomic E-state index is 13.9. The van der Waals surface area contributed by atoms with Gasteiger partial charge in [-0.2, -0.15) is 4.31 Å². The lowest BCUT2D eigenvalue weighted by atomic mass is 10.0. The fourth-order valence-electron chi connectivity index (χ4n) is 5.58. The molecule has 0 spiro atoms. The lowest BCUT2D eigenvalue weighted by Crippen LogP contribution is -2.52. The zero-order chi connectivity index (χ0) is 31.0. The van der Waals surface area contributed by atoms with Gasteiger partial charge in [0.15, 0.2) is 6.29 Å². The van der Waals surface area contributed by atoms with Crippen LogP contribution in [0.5, 0.6) is 0 Å². The van der Waals surface area contributed by atoms with Gasteiger partial charge in [-0.1, -0.05) is 69.2 Å². The van der Waals surface area contributed by atoms with Crippen molar-refractivity contribution < 1.29 is 42.7 Å². The first-order valence-electron chi connectivity index (χ1n) is 15.0. The third-order valence-electron chi connectivity index (χ3n) is 8.39. The molecule has 0 bridgehead atoms. The summed E-state index contributed by atoms with van der Waals surface area (Å²) in [7, 11) is -4.07. The standard InChI is InChI=1S/C31H44N2O9S/c1-3-21(4-2)17-33(43(38,39)24-12-10-23(11-13-24)28(36)19-34)18-27(35)26(16-22-8-6-5-7-9-22)32-31(37)42-29-20-41-30-25(29)14-15-40-30/h5-13,21,25-30,34-36H,3-4,14-20H2,1-2H3,(H,32,37)/t25-,26-,27+,28-,29-,30+/m0/s1. The highest BCUT2D eigenvalue weighted by atomic mass is 32.2. The van der Waals surface area contributed by atoms with E-state index in [4.69, 9.17) is 14.2 Å². The highest BCUT2D eigenvalue weighted by Crippen LogP contribution is 2.33. The van der Waals surface area contributed by atoms with Gasteiger partial charge in [0.25, 0.3) is 0 Å². The highest BCUT2D eigenvalue weighted by molar-refractivity contribution is 7.89. The van der Waals surface area contributed by atoms with E-state index >= 15 is 0 Å². The van der Waals surface area contributed by atoms with Crippen LogP contribution in [0.1, 0.15) is 50.3 Å². The molecule has 11 nitrogen and oxygen atoms in total. The van der Waals surface area contributed by atoms with Crippen LogP contribution in [0.2, 0.25) is 0 Å². The molecule has 0 radical (unpaired) electrons. The molecule has 4 rings (SSSR count). The van der Waals surface area contributed by atoms with Gasteiger partial charge < -0.3 is 34.8 Å². The van der Waals surface area contributed by atoms with Crippen molar-refractivity contribution in [3.05, 3.63) is 65.7 Å². The Bertz CT molecular complexity index is 1260. The van der Waals surface area contributed by atoms with E-state index in [1.165, 1.54) is 28.6 Å². The quantitative estimate of drug-likeness (QED) is 0.235. The van der Waals surface area contributed by atoms with Gasteiger partial charge in [-0.3, -0.25) is 0 Å². The molecule has 2 fully saturated rings. The number of nitrogens with zero attached hydrogens (tertiary/aromatic N) is 1. The number of rotatable bonds is 15. The number of hydrogen-bond acceptors (Lipinski definition) is 9. The maximum Gasteiger partial charge on any atom is 0.407 e. The Hall–Kier alpha value is -2.58. The number of carbonyl (C=O) groups is 1. The van der Waals surface area contributed by atoms with Crippen molar-refractivity contribution in [2.45, 2.75) is 75.1 Å². The molecule has 0 aliphatic carbocycles. The summed E-state index contributed by atoms with van der Waals surface area (Å²) >= 11 is 0. The minimum Gasteiger partial charge on any atom is -0.443 e. The second-order valence-electron chi connectivity index (χ2n) is 11.2. The molecule has 4 N–H and O–H groups in total. The summed E-state index contributed by atoms with van der Waals surface area (Å²) in [6.07, 6.45) is -1.49. The van der Waals surface area contributed by atoms with Gasteiger partial charge in [0, 0.05) is 13.1 Å². The molecule has 2 aromatic carbocycles. The van der Waals surface area contributed by atoms with Crippen LogP contribution in [0.4, 0.5) is 4.79 Å². The lowest BCUT2D eigenvalue weighted by Gasteiger charge is -2.32. The lowest BCUT2D eigenvalue weighted by molar-refractivity contribution is -0.0907. The monoisotopic (exact) mass is 620 g/mol. The number of ether oxygens (including phenoxy) is 3. The summed E-state index contributed by atoms with van der Waals surface area (Å²) in [6.45, 7) is 4.18. The van der Waals surface area contributed by atoms with E-state index in [2.05, 4.69) is 5.32 Å². The topological polar surface area (TPSA) is 155 Å². The van der Waals surface area contributed by atoms with E-state index in [0.717, 1.165) is 24.8 Å². The molecule has 0 unspecified atom stereocenters. The molecular formula is C31H44N2O9S. The normalized spacial score (nSPS) is 22.3. The molecule has 43 heavy (non-hydrogen) atoms. The van der Waals surface area contributed by atoms with Crippen molar-refractivity contribution in [2.24, 2.45) is 11.8 Å². The second kappa shape index (κ2) is 15.4. The smallest absolute Gasteiger partial charge is 0.407 e. The van der Waals surface area contributed by atoms with Crippen molar-refractivity contribution >= 4 is 16.1 Å². The van der Waals surface area contributed by atoms with Crippen LogP contribution >= 0.6 is 0 Å². The van der Waals surface area contributed by atoms with Crippen LogP contribution in [-0.2, 0) is 30.7 Å². The number of nitrogens with one attached hydrogen (secondary N) is 1. The minimum absolute atomic E-state index is 0.00101. The Morgan fingerprint density at radius 2 is 1.74 bits per heavy atom. The van der Waals surface area contributed by atoms with Gasteiger partial charge in [-0.05, 0) is 42.0 Å². The van der Waals surface area contributed by atoms with Crippen LogP contribution in [-0.4, -0.2) is 91.6 Å². The Morgan fingerprint density at radius 3 is 2.40 bits per heavy atom. The third-order valence-corrected chi connectivity index (χ3v) is 10.2. The van der Waals surface area contributed by atoms with Crippen molar-refractivity contribution in [3.8, 4) is 0 Å². The number of aliphatic hydroxyl groups is 3. The SMILES string of the molecule is CCC(CC)CN(C[C@@H](O)[C@H](Cc1ccccc1)NC(=O)O[C@H]1CO[C@H]2OCC[C@H]21)S(=O)(=O)c1ccc([C@@H](O)CO)cc1. The maximum absolute atomic E-state index is 13.9. The Morgan fingerprint density at radius 1 is 1.05 bits per heavy atom. The number of carbonyl (C=O) groups excluding carboxylic acids is 1. The van der Waals surface area contributed by atoms with Gasteiger partial charge in [-0.15, -0.1) is 0 Å². The number of amides is 1. The minimum atomic E-state index is -4.07. The van der Waals surface area contributed by atoms with Crippen LogP contribution in [0, 0.1) is 11.8 Å². The van der Waals surface area contributed by atoms with Gasteiger partial charge in [0.05, 0.1) is 42.8 Å². The zero-order valence-corrected chi connectivity index (χ0v) is 25.6. The number of sulfonamides is 1. The zero-order valence-electron chi connectivity index (χ0n) is 24.7. The summed E-state index contributed by atoms with van der Waals surface area (Å²) in [6, 6.07) is 14.2. The molecule has 6 atom stereocenters. The Kier molecular flexibility index (Phi) is 12.0. The van der Waals surface area contributed by atoms with E-state index in [1.54, 1.807) is 0 Å².